The van der Waals surface area contributed by atoms with Crippen LogP contribution in [0.1, 0.15) is 10.4 Å². The maximum absolute atomic E-state index is 12.4. The third kappa shape index (κ3) is 3.47. The highest BCUT2D eigenvalue weighted by atomic mass is 16.6. The zero-order valence-corrected chi connectivity index (χ0v) is 13.2. The molecular weight excluding hydrogens is 324 g/mol. The highest BCUT2D eigenvalue weighted by Gasteiger charge is 2.21. The zero-order valence-electron chi connectivity index (χ0n) is 13.2. The van der Waals surface area contributed by atoms with E-state index in [0.717, 1.165) is 5.69 Å². The molecule has 0 aliphatic rings. The number of amides is 1. The molecule has 8 heteroatoms. The van der Waals surface area contributed by atoms with E-state index in [1.807, 2.05) is 30.3 Å². The van der Waals surface area contributed by atoms with E-state index in [4.69, 9.17) is 4.74 Å². The maximum Gasteiger partial charge on any atom is 0.282 e. The average molecular weight is 338 g/mol. The molecule has 0 saturated carbocycles. The Hall–Kier alpha value is -3.68. The number of ether oxygens (including phenoxy) is 1. The van der Waals surface area contributed by atoms with Gasteiger partial charge in [-0.1, -0.05) is 18.2 Å². The van der Waals surface area contributed by atoms with Crippen molar-refractivity contribution in [2.24, 2.45) is 0 Å². The van der Waals surface area contributed by atoms with E-state index in [2.05, 4.69) is 10.4 Å². The molecule has 0 saturated heterocycles. The number of rotatable bonds is 5. The summed E-state index contributed by atoms with van der Waals surface area (Å²) in [6, 6.07) is 15.0. The van der Waals surface area contributed by atoms with Crippen molar-refractivity contribution in [3.8, 4) is 11.4 Å². The van der Waals surface area contributed by atoms with Crippen LogP contribution < -0.4 is 10.1 Å². The van der Waals surface area contributed by atoms with Gasteiger partial charge >= 0.3 is 0 Å². The summed E-state index contributed by atoms with van der Waals surface area (Å²) in [5, 5.41) is 17.9. The Labute approximate surface area is 142 Å². The number of hydrogen-bond acceptors (Lipinski definition) is 5. The van der Waals surface area contributed by atoms with Crippen molar-refractivity contribution in [3.05, 3.63) is 76.5 Å². The van der Waals surface area contributed by atoms with Gasteiger partial charge in [-0.05, 0) is 24.3 Å². The number of nitrogens with one attached hydrogen (secondary N) is 1. The minimum atomic E-state index is -0.635. The molecule has 1 N–H and O–H groups in total. The number of benzene rings is 2. The lowest BCUT2D eigenvalue weighted by atomic mass is 10.1. The monoisotopic (exact) mass is 338 g/mol. The summed E-state index contributed by atoms with van der Waals surface area (Å²) < 4.78 is 6.62. The van der Waals surface area contributed by atoms with Crippen LogP contribution in [0, 0.1) is 10.1 Å². The second kappa shape index (κ2) is 6.83. The number of carbonyl (C=O) groups is 1. The van der Waals surface area contributed by atoms with Crippen molar-refractivity contribution >= 4 is 17.4 Å². The van der Waals surface area contributed by atoms with Crippen LogP contribution in [-0.2, 0) is 0 Å². The number of nitro benzene ring substituents is 1. The predicted molar refractivity (Wildman–Crippen MR) is 91.2 cm³/mol. The Morgan fingerprint density at radius 3 is 2.64 bits per heavy atom. The molecule has 126 valence electrons. The van der Waals surface area contributed by atoms with Gasteiger partial charge < -0.3 is 10.1 Å². The van der Waals surface area contributed by atoms with Gasteiger partial charge in [0.25, 0.3) is 11.6 Å². The number of para-hydroxylation sites is 1. The number of hydrogen-bond donors (Lipinski definition) is 1. The topological polar surface area (TPSA) is 99.3 Å². The molecule has 0 aliphatic heterocycles. The molecule has 2 aromatic carbocycles. The van der Waals surface area contributed by atoms with Gasteiger partial charge in [-0.25, -0.2) is 4.68 Å². The van der Waals surface area contributed by atoms with E-state index < -0.39 is 10.8 Å². The van der Waals surface area contributed by atoms with Gasteiger partial charge in [-0.15, -0.1) is 0 Å². The van der Waals surface area contributed by atoms with Crippen LogP contribution >= 0.6 is 0 Å². The third-order valence-corrected chi connectivity index (χ3v) is 3.50. The Balaban J connectivity index is 1.86. The molecule has 1 amide bonds. The molecule has 25 heavy (non-hydrogen) atoms. The highest BCUT2D eigenvalue weighted by molar-refractivity contribution is 6.06. The van der Waals surface area contributed by atoms with Crippen LogP contribution in [0.5, 0.6) is 5.75 Å². The lowest BCUT2D eigenvalue weighted by molar-refractivity contribution is -0.385. The van der Waals surface area contributed by atoms with E-state index in [0.29, 0.717) is 5.75 Å². The second-order valence-electron chi connectivity index (χ2n) is 5.08. The van der Waals surface area contributed by atoms with Crippen molar-refractivity contribution < 1.29 is 14.5 Å². The molecule has 0 fully saturated rings. The van der Waals surface area contributed by atoms with Crippen molar-refractivity contribution in [3.63, 3.8) is 0 Å². The summed E-state index contributed by atoms with van der Waals surface area (Å²) >= 11 is 0. The molecule has 0 spiro atoms. The van der Waals surface area contributed by atoms with Gasteiger partial charge in [0.1, 0.15) is 11.3 Å². The minimum absolute atomic E-state index is 0.0985. The predicted octanol–water partition coefficient (Wildman–Crippen LogP) is 3.04. The van der Waals surface area contributed by atoms with Gasteiger partial charge in [-0.3, -0.25) is 14.9 Å². The van der Waals surface area contributed by atoms with E-state index >= 15 is 0 Å². The maximum atomic E-state index is 12.4. The number of aromatic nitrogens is 2. The number of anilines is 1. The molecule has 8 nitrogen and oxygen atoms in total. The summed E-state index contributed by atoms with van der Waals surface area (Å²) in [4.78, 5) is 23.0. The molecule has 3 rings (SSSR count). The van der Waals surface area contributed by atoms with Gasteiger partial charge in [0.05, 0.1) is 17.7 Å². The highest BCUT2D eigenvalue weighted by Crippen LogP contribution is 2.25. The first-order valence-electron chi connectivity index (χ1n) is 7.33. The normalized spacial score (nSPS) is 10.3. The summed E-state index contributed by atoms with van der Waals surface area (Å²) in [5.74, 6) is 0.000414. The lowest BCUT2D eigenvalue weighted by Crippen LogP contribution is -2.14. The first-order valence-corrected chi connectivity index (χ1v) is 7.33. The molecule has 1 heterocycles. The lowest BCUT2D eigenvalue weighted by Gasteiger charge is -2.06. The van der Waals surface area contributed by atoms with Crippen LogP contribution in [0.25, 0.3) is 5.69 Å². The molecule has 1 aromatic heterocycles. The standard InChI is InChI=1S/C17H14N4O4/c1-25-13-7-8-15(21(23)24)14(11-13)17(22)18-16-9-10-20(19-16)12-5-3-2-4-6-12/h2-11H,1H3,(H,18,19,22). The molecule has 0 aliphatic carbocycles. The van der Waals surface area contributed by atoms with Crippen LogP contribution in [-0.4, -0.2) is 27.7 Å². The van der Waals surface area contributed by atoms with Crippen LogP contribution in [0.2, 0.25) is 0 Å². The molecule has 0 atom stereocenters. The van der Waals surface area contributed by atoms with Gasteiger partial charge in [0.2, 0.25) is 0 Å². The van der Waals surface area contributed by atoms with E-state index in [1.165, 1.54) is 25.3 Å². The zero-order chi connectivity index (χ0) is 17.8. The van der Waals surface area contributed by atoms with Crippen molar-refractivity contribution in [1.82, 2.24) is 9.78 Å². The largest absolute Gasteiger partial charge is 0.497 e. The number of carbonyl (C=O) groups excluding carboxylic acids is 1. The quantitative estimate of drug-likeness (QED) is 0.569. The summed E-state index contributed by atoms with van der Waals surface area (Å²) in [5.41, 5.74) is 0.426. The van der Waals surface area contributed by atoms with Crippen molar-refractivity contribution in [1.29, 1.82) is 0 Å². The Morgan fingerprint density at radius 2 is 1.96 bits per heavy atom. The fraction of sp³-hybridized carbons (Fsp3) is 0.0588. The van der Waals surface area contributed by atoms with Gasteiger partial charge in [-0.2, -0.15) is 5.10 Å². The SMILES string of the molecule is COc1ccc([N+](=O)[O-])c(C(=O)Nc2ccn(-c3ccccc3)n2)c1. The number of methoxy groups -OCH3 is 1. The van der Waals surface area contributed by atoms with E-state index in [1.54, 1.807) is 16.9 Å². The van der Waals surface area contributed by atoms with Crippen LogP contribution in [0.3, 0.4) is 0 Å². The van der Waals surface area contributed by atoms with E-state index in [9.17, 15) is 14.9 Å². The van der Waals surface area contributed by atoms with E-state index in [-0.39, 0.29) is 17.1 Å². The minimum Gasteiger partial charge on any atom is -0.497 e. The molecular formula is C17H14N4O4. The van der Waals surface area contributed by atoms with Crippen molar-refractivity contribution in [2.75, 3.05) is 12.4 Å². The van der Waals surface area contributed by atoms with Crippen molar-refractivity contribution in [2.45, 2.75) is 0 Å². The smallest absolute Gasteiger partial charge is 0.282 e. The van der Waals surface area contributed by atoms with Gasteiger partial charge in [0.15, 0.2) is 5.82 Å². The molecule has 0 radical (unpaired) electrons. The molecule has 0 unspecified atom stereocenters. The number of nitrogens with zero attached hydrogens (tertiary/aromatic N) is 3. The number of nitro groups is 1. The third-order valence-electron chi connectivity index (χ3n) is 3.50. The molecule has 0 bridgehead atoms. The van der Waals surface area contributed by atoms with Crippen LogP contribution in [0.15, 0.2) is 60.8 Å². The summed E-state index contributed by atoms with van der Waals surface area (Å²) in [6.07, 6.45) is 1.69. The Morgan fingerprint density at radius 1 is 1.20 bits per heavy atom. The Bertz CT molecular complexity index is 921. The average Bonchev–Trinajstić information content (AvgIpc) is 3.10. The van der Waals surface area contributed by atoms with Crippen LogP contribution in [0.4, 0.5) is 11.5 Å². The molecule has 3 aromatic rings. The first kappa shape index (κ1) is 16.2. The fourth-order valence-corrected chi connectivity index (χ4v) is 2.28. The van der Waals surface area contributed by atoms with Gasteiger partial charge in [0, 0.05) is 18.3 Å². The summed E-state index contributed by atoms with van der Waals surface area (Å²) in [6.45, 7) is 0. The Kier molecular flexibility index (Phi) is 4.42. The first-order chi connectivity index (χ1) is 12.1. The fourth-order valence-electron chi connectivity index (χ4n) is 2.28. The second-order valence-corrected chi connectivity index (χ2v) is 5.08. The summed E-state index contributed by atoms with van der Waals surface area (Å²) in [7, 11) is 1.42.